The van der Waals surface area contributed by atoms with Crippen molar-refractivity contribution < 1.29 is 9.53 Å². The highest BCUT2D eigenvalue weighted by Crippen LogP contribution is 2.60. The summed E-state index contributed by atoms with van der Waals surface area (Å²) in [7, 11) is 1.44. The van der Waals surface area contributed by atoms with E-state index in [1.54, 1.807) is 6.07 Å². The number of fused-ring (bicyclic) bond motifs is 1. The normalized spacial score (nSPS) is 30.4. The molecular weight excluding hydrogens is 228 g/mol. The van der Waals surface area contributed by atoms with Crippen molar-refractivity contribution in [3.05, 3.63) is 23.4 Å². The molecule has 4 nitrogen and oxygen atoms in total. The molecule has 1 saturated heterocycles. The maximum atomic E-state index is 11.5. The van der Waals surface area contributed by atoms with Crippen molar-refractivity contribution in [2.45, 2.75) is 12.5 Å². The number of ether oxygens (including phenoxy) is 1. The fraction of sp³-hybridized carbons (Fsp3) is 0.455. The van der Waals surface area contributed by atoms with Crippen molar-refractivity contribution in [2.24, 2.45) is 5.41 Å². The Hall–Kier alpha value is -1.29. The number of esters is 1. The topological polar surface area (TPSA) is 42.4 Å². The molecule has 1 aromatic heterocycles. The summed E-state index contributed by atoms with van der Waals surface area (Å²) in [5.41, 5.74) is -0.251. The number of hydrogen-bond acceptors (Lipinski definition) is 4. The SMILES string of the molecule is COC(=O)C12CC1N(c1cccc(Cl)n1)C2. The number of methoxy groups -OCH3 is 1. The van der Waals surface area contributed by atoms with Gasteiger partial charge in [0, 0.05) is 12.6 Å². The van der Waals surface area contributed by atoms with Gasteiger partial charge in [0.15, 0.2) is 0 Å². The summed E-state index contributed by atoms with van der Waals surface area (Å²) >= 11 is 5.83. The largest absolute Gasteiger partial charge is 0.468 e. The fourth-order valence-electron chi connectivity index (χ4n) is 2.45. The van der Waals surface area contributed by atoms with Crippen LogP contribution in [-0.4, -0.2) is 30.6 Å². The van der Waals surface area contributed by atoms with Gasteiger partial charge in [-0.3, -0.25) is 4.79 Å². The van der Waals surface area contributed by atoms with Crippen LogP contribution in [0.2, 0.25) is 5.15 Å². The summed E-state index contributed by atoms with van der Waals surface area (Å²) in [5, 5.41) is 0.480. The minimum absolute atomic E-state index is 0.101. The Bertz CT molecular complexity index is 465. The Kier molecular flexibility index (Phi) is 1.92. The van der Waals surface area contributed by atoms with Gasteiger partial charge in [0.1, 0.15) is 16.4 Å². The van der Waals surface area contributed by atoms with E-state index in [-0.39, 0.29) is 17.4 Å². The first kappa shape index (κ1) is 9.90. The molecule has 1 aliphatic heterocycles. The van der Waals surface area contributed by atoms with Gasteiger partial charge in [0.2, 0.25) is 0 Å². The predicted molar refractivity (Wildman–Crippen MR) is 59.4 cm³/mol. The lowest BCUT2D eigenvalue weighted by Crippen LogP contribution is -2.51. The first-order chi connectivity index (χ1) is 7.67. The van der Waals surface area contributed by atoms with Gasteiger partial charge in [-0.15, -0.1) is 0 Å². The average Bonchev–Trinajstić information content (AvgIpc) is 2.84. The molecule has 5 heteroatoms. The summed E-state index contributed by atoms with van der Waals surface area (Å²) in [6, 6.07) is 5.77. The van der Waals surface area contributed by atoms with E-state index in [1.165, 1.54) is 7.11 Å². The van der Waals surface area contributed by atoms with E-state index >= 15 is 0 Å². The molecule has 0 aromatic carbocycles. The van der Waals surface area contributed by atoms with Crippen LogP contribution in [-0.2, 0) is 9.53 Å². The molecule has 2 atom stereocenters. The highest BCUT2D eigenvalue weighted by atomic mass is 35.5. The predicted octanol–water partition coefficient (Wildman–Crippen LogP) is 1.49. The maximum Gasteiger partial charge on any atom is 0.315 e. The van der Waals surface area contributed by atoms with Gasteiger partial charge in [-0.05, 0) is 18.6 Å². The lowest BCUT2D eigenvalue weighted by atomic mass is 9.98. The summed E-state index contributed by atoms with van der Waals surface area (Å²) < 4.78 is 4.79. The minimum Gasteiger partial charge on any atom is -0.468 e. The molecule has 1 saturated carbocycles. The quantitative estimate of drug-likeness (QED) is 0.578. The van der Waals surface area contributed by atoms with Gasteiger partial charge in [0.05, 0.1) is 7.11 Å². The second-order valence-electron chi connectivity index (χ2n) is 4.31. The van der Waals surface area contributed by atoms with Gasteiger partial charge in [-0.1, -0.05) is 17.7 Å². The van der Waals surface area contributed by atoms with Gasteiger partial charge < -0.3 is 9.64 Å². The van der Waals surface area contributed by atoms with Crippen LogP contribution in [0.1, 0.15) is 6.42 Å². The van der Waals surface area contributed by atoms with Crippen molar-refractivity contribution in [2.75, 3.05) is 18.6 Å². The second kappa shape index (κ2) is 3.10. The number of pyridine rings is 1. The van der Waals surface area contributed by atoms with Crippen molar-refractivity contribution in [3.63, 3.8) is 0 Å². The molecule has 2 fully saturated rings. The number of rotatable bonds is 2. The Morgan fingerprint density at radius 1 is 1.69 bits per heavy atom. The van der Waals surface area contributed by atoms with Gasteiger partial charge in [0.25, 0.3) is 0 Å². The Balaban J connectivity index is 1.77. The van der Waals surface area contributed by atoms with Crippen LogP contribution in [0.5, 0.6) is 0 Å². The van der Waals surface area contributed by atoms with E-state index < -0.39 is 0 Å². The molecule has 3 rings (SSSR count). The van der Waals surface area contributed by atoms with E-state index in [0.29, 0.717) is 11.7 Å². The zero-order valence-electron chi connectivity index (χ0n) is 8.81. The zero-order chi connectivity index (χ0) is 11.3. The Morgan fingerprint density at radius 3 is 3.12 bits per heavy atom. The van der Waals surface area contributed by atoms with Gasteiger partial charge >= 0.3 is 5.97 Å². The lowest BCUT2D eigenvalue weighted by Gasteiger charge is -2.37. The molecule has 84 valence electrons. The third-order valence-electron chi connectivity index (χ3n) is 3.45. The number of anilines is 1. The number of hydrogen-bond donors (Lipinski definition) is 0. The molecule has 2 heterocycles. The van der Waals surface area contributed by atoms with E-state index in [4.69, 9.17) is 16.3 Å². The van der Waals surface area contributed by atoms with Crippen LogP contribution in [0, 0.1) is 5.41 Å². The zero-order valence-corrected chi connectivity index (χ0v) is 9.57. The third-order valence-corrected chi connectivity index (χ3v) is 3.66. The smallest absolute Gasteiger partial charge is 0.315 e. The Labute approximate surface area is 98.2 Å². The standard InChI is InChI=1S/C11H11ClN2O2/c1-16-10(15)11-5-7(11)14(6-11)9-4-2-3-8(12)13-9/h2-4,7H,5-6H2,1H3. The van der Waals surface area contributed by atoms with Gasteiger partial charge in [-0.25, -0.2) is 4.98 Å². The van der Waals surface area contributed by atoms with Crippen molar-refractivity contribution in [3.8, 4) is 0 Å². The molecular formula is C11H11ClN2O2. The molecule has 0 radical (unpaired) electrons. The monoisotopic (exact) mass is 238 g/mol. The number of halogens is 1. The van der Waals surface area contributed by atoms with Crippen LogP contribution >= 0.6 is 11.6 Å². The van der Waals surface area contributed by atoms with E-state index in [0.717, 1.165) is 12.2 Å². The number of nitrogens with zero attached hydrogens (tertiary/aromatic N) is 2. The van der Waals surface area contributed by atoms with Crippen LogP contribution in [0.3, 0.4) is 0 Å². The van der Waals surface area contributed by atoms with E-state index in [1.807, 2.05) is 12.1 Å². The number of carbonyl (C=O) groups excluding carboxylic acids is 1. The average molecular weight is 239 g/mol. The van der Waals surface area contributed by atoms with E-state index in [9.17, 15) is 4.79 Å². The van der Waals surface area contributed by atoms with Crippen LogP contribution in [0.25, 0.3) is 0 Å². The highest BCUT2D eigenvalue weighted by molar-refractivity contribution is 6.29. The van der Waals surface area contributed by atoms with E-state index in [2.05, 4.69) is 9.88 Å². The fourth-order valence-corrected chi connectivity index (χ4v) is 2.61. The van der Waals surface area contributed by atoms with Crippen molar-refractivity contribution in [1.82, 2.24) is 4.98 Å². The summed E-state index contributed by atoms with van der Waals surface area (Å²) in [5.74, 6) is 0.741. The van der Waals surface area contributed by atoms with Crippen molar-refractivity contribution in [1.29, 1.82) is 0 Å². The first-order valence-corrected chi connectivity index (χ1v) is 5.53. The van der Waals surface area contributed by atoms with Crippen molar-refractivity contribution >= 4 is 23.4 Å². The maximum absolute atomic E-state index is 11.5. The minimum atomic E-state index is -0.251. The molecule has 0 amide bonds. The lowest BCUT2D eigenvalue weighted by molar-refractivity contribution is -0.148. The molecule has 0 bridgehead atoms. The molecule has 1 aromatic rings. The molecule has 2 unspecified atom stereocenters. The van der Waals surface area contributed by atoms with Crippen LogP contribution < -0.4 is 4.90 Å². The summed E-state index contributed by atoms with van der Waals surface area (Å²) in [4.78, 5) is 17.8. The molecule has 1 aliphatic carbocycles. The second-order valence-corrected chi connectivity index (χ2v) is 4.70. The molecule has 16 heavy (non-hydrogen) atoms. The molecule has 2 aliphatic rings. The summed E-state index contributed by atoms with van der Waals surface area (Å²) in [6.45, 7) is 0.692. The summed E-state index contributed by atoms with van der Waals surface area (Å²) in [6.07, 6.45) is 0.869. The van der Waals surface area contributed by atoms with Gasteiger partial charge in [-0.2, -0.15) is 0 Å². The van der Waals surface area contributed by atoms with Crippen LogP contribution in [0.15, 0.2) is 18.2 Å². The highest BCUT2D eigenvalue weighted by Gasteiger charge is 2.72. The molecule has 0 N–H and O–H groups in total. The number of aromatic nitrogens is 1. The van der Waals surface area contributed by atoms with Crippen LogP contribution in [0.4, 0.5) is 5.82 Å². The first-order valence-electron chi connectivity index (χ1n) is 5.15. The number of carbonyl (C=O) groups is 1. The Morgan fingerprint density at radius 2 is 2.50 bits per heavy atom. The molecule has 0 spiro atoms. The third kappa shape index (κ3) is 1.16.